The molecular formula is C11H24N2. The van der Waals surface area contributed by atoms with Gasteiger partial charge < -0.3 is 10.6 Å². The van der Waals surface area contributed by atoms with Crippen LogP contribution in [0.2, 0.25) is 0 Å². The number of likely N-dealkylation sites (N-methyl/N-ethyl adjacent to an activating group) is 1. The van der Waals surface area contributed by atoms with Gasteiger partial charge in [-0.25, -0.2) is 0 Å². The van der Waals surface area contributed by atoms with E-state index in [0.29, 0.717) is 11.5 Å². The summed E-state index contributed by atoms with van der Waals surface area (Å²) in [7, 11) is 2.02. The van der Waals surface area contributed by atoms with Crippen LogP contribution >= 0.6 is 0 Å². The van der Waals surface area contributed by atoms with Crippen molar-refractivity contribution in [2.75, 3.05) is 13.6 Å². The highest BCUT2D eigenvalue weighted by Gasteiger charge is 2.30. The van der Waals surface area contributed by atoms with Gasteiger partial charge in [0.2, 0.25) is 0 Å². The highest BCUT2D eigenvalue weighted by molar-refractivity contribution is 4.86. The Kier molecular flexibility index (Phi) is 3.74. The summed E-state index contributed by atoms with van der Waals surface area (Å²) < 4.78 is 0. The van der Waals surface area contributed by atoms with Gasteiger partial charge in [0.05, 0.1) is 0 Å². The minimum absolute atomic E-state index is 0.570. The van der Waals surface area contributed by atoms with Crippen LogP contribution in [0.25, 0.3) is 0 Å². The molecule has 0 spiro atoms. The van der Waals surface area contributed by atoms with Gasteiger partial charge in [-0.3, -0.25) is 0 Å². The van der Waals surface area contributed by atoms with Crippen LogP contribution in [0.1, 0.15) is 40.0 Å². The fraction of sp³-hybridized carbons (Fsp3) is 1.00. The molecule has 0 bridgehead atoms. The van der Waals surface area contributed by atoms with E-state index in [9.17, 15) is 0 Å². The number of nitrogens with one attached hydrogen (secondary N) is 2. The molecule has 1 rings (SSSR count). The van der Waals surface area contributed by atoms with Crippen LogP contribution in [0.15, 0.2) is 0 Å². The van der Waals surface area contributed by atoms with Gasteiger partial charge in [0.25, 0.3) is 0 Å². The first-order valence-electron chi connectivity index (χ1n) is 5.44. The molecule has 13 heavy (non-hydrogen) atoms. The molecular weight excluding hydrogens is 160 g/mol. The van der Waals surface area contributed by atoms with Crippen molar-refractivity contribution in [3.63, 3.8) is 0 Å². The largest absolute Gasteiger partial charge is 0.316 e. The Morgan fingerprint density at radius 2 is 2.15 bits per heavy atom. The average Bonchev–Trinajstić information content (AvgIpc) is 2.41. The minimum Gasteiger partial charge on any atom is -0.316 e. The maximum atomic E-state index is 3.63. The van der Waals surface area contributed by atoms with Gasteiger partial charge in [0.15, 0.2) is 0 Å². The second kappa shape index (κ2) is 4.43. The van der Waals surface area contributed by atoms with Gasteiger partial charge in [0.1, 0.15) is 0 Å². The van der Waals surface area contributed by atoms with Crippen LogP contribution in [-0.4, -0.2) is 25.7 Å². The molecule has 1 saturated carbocycles. The van der Waals surface area contributed by atoms with E-state index in [-0.39, 0.29) is 0 Å². The van der Waals surface area contributed by atoms with Gasteiger partial charge in [-0.1, -0.05) is 13.8 Å². The lowest BCUT2D eigenvalue weighted by Crippen LogP contribution is -2.38. The van der Waals surface area contributed by atoms with E-state index in [0.717, 1.165) is 12.6 Å². The van der Waals surface area contributed by atoms with Crippen molar-refractivity contribution in [1.82, 2.24) is 10.6 Å². The van der Waals surface area contributed by atoms with Crippen molar-refractivity contribution in [2.45, 2.75) is 52.1 Å². The molecule has 1 aliphatic rings. The monoisotopic (exact) mass is 184 g/mol. The summed E-state index contributed by atoms with van der Waals surface area (Å²) in [4.78, 5) is 0. The maximum absolute atomic E-state index is 3.63. The summed E-state index contributed by atoms with van der Waals surface area (Å²) in [6.07, 6.45) is 4.06. The minimum atomic E-state index is 0.570. The normalized spacial score (nSPS) is 29.1. The quantitative estimate of drug-likeness (QED) is 0.696. The van der Waals surface area contributed by atoms with E-state index in [4.69, 9.17) is 0 Å². The Morgan fingerprint density at radius 3 is 2.62 bits per heavy atom. The lowest BCUT2D eigenvalue weighted by atomic mass is 9.92. The fourth-order valence-electron chi connectivity index (χ4n) is 2.06. The number of hydrogen-bond acceptors (Lipinski definition) is 2. The Labute approximate surface area is 82.5 Å². The van der Waals surface area contributed by atoms with E-state index in [1.54, 1.807) is 0 Å². The lowest BCUT2D eigenvalue weighted by molar-refractivity contribution is 0.361. The first kappa shape index (κ1) is 11.0. The molecule has 2 nitrogen and oxygen atoms in total. The Morgan fingerprint density at radius 1 is 1.46 bits per heavy atom. The van der Waals surface area contributed by atoms with Gasteiger partial charge >= 0.3 is 0 Å². The zero-order valence-electron chi connectivity index (χ0n) is 9.48. The average molecular weight is 184 g/mol. The lowest BCUT2D eigenvalue weighted by Gasteiger charge is -2.19. The standard InChI is InChI=1S/C11H24N2/c1-9(12-4)8-13-10-5-6-11(2,3)7-10/h9-10,12-13H,5-8H2,1-4H3. The van der Waals surface area contributed by atoms with Crippen molar-refractivity contribution in [3.8, 4) is 0 Å². The highest BCUT2D eigenvalue weighted by atomic mass is 15.0. The molecule has 0 aromatic heterocycles. The Bertz CT molecular complexity index is 154. The maximum Gasteiger partial charge on any atom is 0.0161 e. The SMILES string of the molecule is CNC(C)CNC1CCC(C)(C)C1. The summed E-state index contributed by atoms with van der Waals surface area (Å²) in [5.74, 6) is 0. The molecule has 1 fully saturated rings. The first-order chi connectivity index (χ1) is 6.03. The molecule has 0 amide bonds. The molecule has 2 N–H and O–H groups in total. The molecule has 0 heterocycles. The predicted molar refractivity (Wildman–Crippen MR) is 57.9 cm³/mol. The smallest absolute Gasteiger partial charge is 0.0161 e. The van der Waals surface area contributed by atoms with Crippen molar-refractivity contribution < 1.29 is 0 Å². The summed E-state index contributed by atoms with van der Waals surface area (Å²) >= 11 is 0. The van der Waals surface area contributed by atoms with Crippen LogP contribution in [0.4, 0.5) is 0 Å². The van der Waals surface area contributed by atoms with Crippen LogP contribution in [0.5, 0.6) is 0 Å². The predicted octanol–water partition coefficient (Wildman–Crippen LogP) is 1.76. The summed E-state index contributed by atoms with van der Waals surface area (Å²) in [6, 6.07) is 1.34. The summed E-state index contributed by atoms with van der Waals surface area (Å²) in [6.45, 7) is 8.05. The second-order valence-electron chi connectivity index (χ2n) is 5.20. The fourth-order valence-corrected chi connectivity index (χ4v) is 2.06. The molecule has 0 aliphatic heterocycles. The molecule has 78 valence electrons. The molecule has 0 aromatic carbocycles. The summed E-state index contributed by atoms with van der Waals surface area (Å²) in [5.41, 5.74) is 0.570. The molecule has 1 aliphatic carbocycles. The molecule has 2 atom stereocenters. The second-order valence-corrected chi connectivity index (χ2v) is 5.20. The van der Waals surface area contributed by atoms with Gasteiger partial charge in [0, 0.05) is 18.6 Å². The van der Waals surface area contributed by atoms with Crippen LogP contribution in [-0.2, 0) is 0 Å². The molecule has 0 saturated heterocycles. The molecule has 0 radical (unpaired) electrons. The van der Waals surface area contributed by atoms with Gasteiger partial charge in [-0.05, 0) is 38.6 Å². The summed E-state index contributed by atoms with van der Waals surface area (Å²) in [5, 5.41) is 6.87. The molecule has 2 unspecified atom stereocenters. The van der Waals surface area contributed by atoms with Crippen molar-refractivity contribution >= 4 is 0 Å². The zero-order valence-corrected chi connectivity index (χ0v) is 9.48. The van der Waals surface area contributed by atoms with E-state index >= 15 is 0 Å². The first-order valence-corrected chi connectivity index (χ1v) is 5.44. The van der Waals surface area contributed by atoms with E-state index in [1.165, 1.54) is 19.3 Å². The van der Waals surface area contributed by atoms with Crippen LogP contribution < -0.4 is 10.6 Å². The van der Waals surface area contributed by atoms with E-state index < -0.39 is 0 Å². The van der Waals surface area contributed by atoms with Crippen molar-refractivity contribution in [2.24, 2.45) is 5.41 Å². The Hall–Kier alpha value is -0.0800. The molecule has 2 heteroatoms. The third-order valence-electron chi connectivity index (χ3n) is 3.17. The van der Waals surface area contributed by atoms with Gasteiger partial charge in [-0.15, -0.1) is 0 Å². The Balaban J connectivity index is 2.17. The third-order valence-corrected chi connectivity index (χ3v) is 3.17. The van der Waals surface area contributed by atoms with Gasteiger partial charge in [-0.2, -0.15) is 0 Å². The van der Waals surface area contributed by atoms with Crippen molar-refractivity contribution in [1.29, 1.82) is 0 Å². The van der Waals surface area contributed by atoms with E-state index in [2.05, 4.69) is 31.4 Å². The zero-order chi connectivity index (χ0) is 9.90. The van der Waals surface area contributed by atoms with Crippen LogP contribution in [0, 0.1) is 5.41 Å². The number of rotatable bonds is 4. The number of hydrogen-bond donors (Lipinski definition) is 2. The third kappa shape index (κ3) is 3.65. The molecule has 0 aromatic rings. The van der Waals surface area contributed by atoms with Crippen LogP contribution in [0.3, 0.4) is 0 Å². The topological polar surface area (TPSA) is 24.1 Å². The van der Waals surface area contributed by atoms with Crippen molar-refractivity contribution in [3.05, 3.63) is 0 Å². The van der Waals surface area contributed by atoms with E-state index in [1.807, 2.05) is 7.05 Å². The highest BCUT2D eigenvalue weighted by Crippen LogP contribution is 2.36.